The van der Waals surface area contributed by atoms with Crippen molar-refractivity contribution in [3.05, 3.63) is 53.0 Å². The van der Waals surface area contributed by atoms with Crippen molar-refractivity contribution in [2.75, 3.05) is 6.54 Å². The number of rotatable bonds is 6. The number of nitrogens with two attached hydrogens (primary N) is 1. The van der Waals surface area contributed by atoms with E-state index in [1.807, 2.05) is 36.4 Å². The summed E-state index contributed by atoms with van der Waals surface area (Å²) in [6, 6.07) is 14.7. The minimum absolute atomic E-state index is 0. The molecule has 1 aliphatic carbocycles. The highest BCUT2D eigenvalue weighted by atomic mass is 79.9. The zero-order valence-corrected chi connectivity index (χ0v) is 16.2. The molecular weight excluding hydrogens is 412 g/mol. The van der Waals surface area contributed by atoms with Crippen molar-refractivity contribution in [1.82, 2.24) is 4.72 Å². The van der Waals surface area contributed by atoms with Crippen LogP contribution in [-0.2, 0) is 10.0 Å². The summed E-state index contributed by atoms with van der Waals surface area (Å²) in [6.45, 7) is 0.293. The molecule has 1 aliphatic rings. The van der Waals surface area contributed by atoms with E-state index < -0.39 is 10.0 Å². The van der Waals surface area contributed by atoms with Gasteiger partial charge >= 0.3 is 0 Å². The average Bonchev–Trinajstić information content (AvgIpc) is 3.38. The SMILES string of the molecule is Cl.NC(CNS(=O)(=O)c1ccc(-c2ccc(Br)cc2)cc1)C1CC1. The van der Waals surface area contributed by atoms with Crippen LogP contribution in [0.25, 0.3) is 11.1 Å². The van der Waals surface area contributed by atoms with Crippen molar-refractivity contribution >= 4 is 38.4 Å². The third kappa shape index (κ3) is 4.80. The lowest BCUT2D eigenvalue weighted by Crippen LogP contribution is -2.38. The van der Waals surface area contributed by atoms with Crippen LogP contribution < -0.4 is 10.5 Å². The number of hydrogen-bond acceptors (Lipinski definition) is 3. The molecular formula is C17H20BrClN2O2S. The maximum Gasteiger partial charge on any atom is 0.240 e. The Morgan fingerprint density at radius 1 is 1.04 bits per heavy atom. The van der Waals surface area contributed by atoms with Gasteiger partial charge < -0.3 is 5.73 Å². The first kappa shape index (κ1) is 19.4. The molecule has 0 radical (unpaired) electrons. The monoisotopic (exact) mass is 430 g/mol. The van der Waals surface area contributed by atoms with Gasteiger partial charge in [0, 0.05) is 17.1 Å². The number of benzene rings is 2. The van der Waals surface area contributed by atoms with Crippen LogP contribution in [0.5, 0.6) is 0 Å². The predicted octanol–water partition coefficient (Wildman–Crippen LogP) is 3.55. The quantitative estimate of drug-likeness (QED) is 0.734. The Labute approximate surface area is 157 Å². The summed E-state index contributed by atoms with van der Waals surface area (Å²) in [4.78, 5) is 0.265. The van der Waals surface area contributed by atoms with Crippen molar-refractivity contribution in [1.29, 1.82) is 0 Å². The Kier molecular flexibility index (Phi) is 6.45. The highest BCUT2D eigenvalue weighted by Crippen LogP contribution is 2.31. The first-order valence-corrected chi connectivity index (χ1v) is 9.84. The zero-order valence-electron chi connectivity index (χ0n) is 13.0. The van der Waals surface area contributed by atoms with Gasteiger partial charge in [-0.3, -0.25) is 0 Å². The normalized spacial score (nSPS) is 15.6. The molecule has 1 unspecified atom stereocenters. The van der Waals surface area contributed by atoms with Crippen LogP contribution in [-0.4, -0.2) is 21.0 Å². The Bertz CT molecular complexity index is 775. The minimum atomic E-state index is -3.50. The molecule has 1 saturated carbocycles. The van der Waals surface area contributed by atoms with Crippen LogP contribution >= 0.6 is 28.3 Å². The third-order valence-electron chi connectivity index (χ3n) is 4.08. The van der Waals surface area contributed by atoms with Crippen molar-refractivity contribution < 1.29 is 8.42 Å². The zero-order chi connectivity index (χ0) is 16.4. The first-order valence-electron chi connectivity index (χ1n) is 7.57. The summed E-state index contributed by atoms with van der Waals surface area (Å²) in [6.07, 6.45) is 2.20. The lowest BCUT2D eigenvalue weighted by molar-refractivity contribution is 0.548. The van der Waals surface area contributed by atoms with E-state index in [1.54, 1.807) is 12.1 Å². The van der Waals surface area contributed by atoms with Gasteiger partial charge in [0.25, 0.3) is 0 Å². The Hall–Kier alpha value is -0.920. The van der Waals surface area contributed by atoms with E-state index in [9.17, 15) is 8.42 Å². The van der Waals surface area contributed by atoms with Crippen molar-refractivity contribution in [3.8, 4) is 11.1 Å². The molecule has 2 aromatic carbocycles. The summed E-state index contributed by atoms with van der Waals surface area (Å²) in [5.74, 6) is 0.470. The molecule has 0 aromatic heterocycles. The maximum absolute atomic E-state index is 12.3. The van der Waals surface area contributed by atoms with Crippen LogP contribution in [0.15, 0.2) is 57.9 Å². The summed E-state index contributed by atoms with van der Waals surface area (Å²) in [5, 5.41) is 0. The van der Waals surface area contributed by atoms with Crippen molar-refractivity contribution in [2.24, 2.45) is 11.7 Å². The van der Waals surface area contributed by atoms with Gasteiger partial charge in [-0.05, 0) is 54.2 Å². The fraction of sp³-hybridized carbons (Fsp3) is 0.294. The average molecular weight is 432 g/mol. The fourth-order valence-corrected chi connectivity index (χ4v) is 3.79. The number of sulfonamides is 1. The van der Waals surface area contributed by atoms with E-state index >= 15 is 0 Å². The number of hydrogen-bond donors (Lipinski definition) is 2. The largest absolute Gasteiger partial charge is 0.326 e. The highest BCUT2D eigenvalue weighted by Gasteiger charge is 2.29. The molecule has 1 atom stereocenters. The molecule has 1 fully saturated rings. The third-order valence-corrected chi connectivity index (χ3v) is 6.05. The summed E-state index contributed by atoms with van der Waals surface area (Å²) in [5.41, 5.74) is 7.97. The second-order valence-electron chi connectivity index (χ2n) is 5.88. The van der Waals surface area contributed by atoms with Crippen LogP contribution in [0.2, 0.25) is 0 Å². The van der Waals surface area contributed by atoms with E-state index in [4.69, 9.17) is 5.73 Å². The summed E-state index contributed by atoms with van der Waals surface area (Å²) < 4.78 is 28.2. The molecule has 3 N–H and O–H groups in total. The van der Waals surface area contributed by atoms with E-state index in [0.29, 0.717) is 12.5 Å². The molecule has 0 spiro atoms. The van der Waals surface area contributed by atoms with Gasteiger partial charge in [0.2, 0.25) is 10.0 Å². The lowest BCUT2D eigenvalue weighted by atomic mass is 10.1. The van der Waals surface area contributed by atoms with Crippen LogP contribution in [0.4, 0.5) is 0 Å². The standard InChI is InChI=1S/C17H19BrN2O2S.ClH/c18-15-7-3-12(4-8-15)13-5-9-16(10-6-13)23(21,22)20-11-17(19)14-1-2-14;/h3-10,14,17,20H,1-2,11,19H2;1H. The molecule has 3 rings (SSSR count). The fourth-order valence-electron chi connectivity index (χ4n) is 2.45. The molecule has 24 heavy (non-hydrogen) atoms. The molecule has 2 aromatic rings. The molecule has 7 heteroatoms. The first-order chi connectivity index (χ1) is 11.0. The molecule has 0 bridgehead atoms. The maximum atomic E-state index is 12.3. The summed E-state index contributed by atoms with van der Waals surface area (Å²) >= 11 is 3.40. The molecule has 0 amide bonds. The van der Waals surface area contributed by atoms with Crippen LogP contribution in [0, 0.1) is 5.92 Å². The van der Waals surface area contributed by atoms with Gasteiger partial charge in [-0.2, -0.15) is 0 Å². The minimum Gasteiger partial charge on any atom is -0.326 e. The number of halogens is 2. The van der Waals surface area contributed by atoms with Gasteiger partial charge in [-0.15, -0.1) is 12.4 Å². The molecule has 4 nitrogen and oxygen atoms in total. The molecule has 0 saturated heterocycles. The van der Waals surface area contributed by atoms with E-state index in [2.05, 4.69) is 20.7 Å². The van der Waals surface area contributed by atoms with Crippen molar-refractivity contribution in [2.45, 2.75) is 23.8 Å². The van der Waals surface area contributed by atoms with E-state index in [1.165, 1.54) is 0 Å². The second-order valence-corrected chi connectivity index (χ2v) is 8.57. The van der Waals surface area contributed by atoms with Gasteiger partial charge in [-0.25, -0.2) is 13.1 Å². The predicted molar refractivity (Wildman–Crippen MR) is 103 cm³/mol. The Balaban J connectivity index is 0.00000208. The van der Waals surface area contributed by atoms with E-state index in [-0.39, 0.29) is 23.3 Å². The van der Waals surface area contributed by atoms with Gasteiger partial charge in [0.15, 0.2) is 0 Å². The van der Waals surface area contributed by atoms with E-state index in [0.717, 1.165) is 28.4 Å². The van der Waals surface area contributed by atoms with Gasteiger partial charge in [0.1, 0.15) is 0 Å². The van der Waals surface area contributed by atoms with Crippen LogP contribution in [0.1, 0.15) is 12.8 Å². The lowest BCUT2D eigenvalue weighted by Gasteiger charge is -2.12. The van der Waals surface area contributed by atoms with Crippen molar-refractivity contribution in [3.63, 3.8) is 0 Å². The van der Waals surface area contributed by atoms with Gasteiger partial charge in [-0.1, -0.05) is 40.2 Å². The summed E-state index contributed by atoms with van der Waals surface area (Å²) in [7, 11) is -3.50. The highest BCUT2D eigenvalue weighted by molar-refractivity contribution is 9.10. The smallest absolute Gasteiger partial charge is 0.240 e. The topological polar surface area (TPSA) is 72.2 Å². The number of nitrogens with one attached hydrogen (secondary N) is 1. The molecule has 130 valence electrons. The Morgan fingerprint density at radius 3 is 2.04 bits per heavy atom. The molecule has 0 heterocycles. The second kappa shape index (κ2) is 7.97. The van der Waals surface area contributed by atoms with Crippen LogP contribution in [0.3, 0.4) is 0 Å². The Morgan fingerprint density at radius 2 is 1.54 bits per heavy atom. The van der Waals surface area contributed by atoms with Gasteiger partial charge in [0.05, 0.1) is 4.90 Å². The molecule has 0 aliphatic heterocycles.